The summed E-state index contributed by atoms with van der Waals surface area (Å²) in [4.78, 5) is 0. The van der Waals surface area contributed by atoms with Crippen LogP contribution in [0, 0.1) is 5.92 Å². The summed E-state index contributed by atoms with van der Waals surface area (Å²) >= 11 is 0. The first-order chi connectivity index (χ1) is 6.33. The smallest absolute Gasteiger partial charge is 0.0259 e. The van der Waals surface area contributed by atoms with Gasteiger partial charge in [-0.3, -0.25) is 0 Å². The second-order valence-corrected chi connectivity index (χ2v) is 3.54. The number of allylic oxidation sites excluding steroid dienone is 1. The minimum atomic E-state index is 0.699. The Bertz CT molecular complexity index is 246. The predicted molar refractivity (Wildman–Crippen MR) is 59.5 cm³/mol. The second kappa shape index (κ2) is 5.58. The molecule has 0 aromatic heterocycles. The summed E-state index contributed by atoms with van der Waals surface area (Å²) < 4.78 is 0. The van der Waals surface area contributed by atoms with Gasteiger partial charge < -0.3 is 0 Å². The van der Waals surface area contributed by atoms with Crippen molar-refractivity contribution in [3.8, 4) is 0 Å². The molecule has 0 aliphatic carbocycles. The van der Waals surface area contributed by atoms with Crippen LogP contribution in [0.2, 0.25) is 0 Å². The van der Waals surface area contributed by atoms with Crippen molar-refractivity contribution in [1.29, 1.82) is 0 Å². The van der Waals surface area contributed by atoms with E-state index < -0.39 is 0 Å². The lowest BCUT2D eigenvalue weighted by molar-refractivity contribution is 0.636. The molecular weight excluding hydrogens is 156 g/mol. The van der Waals surface area contributed by atoms with Crippen LogP contribution in [0.5, 0.6) is 0 Å². The van der Waals surface area contributed by atoms with Gasteiger partial charge in [-0.05, 0) is 17.9 Å². The standard InChI is InChI=1S/C13H18/c1-3-7-12(2)10-11-13-8-5-4-6-9-13/h4-6,8-12H,3,7H2,1-2H3/b11-10+. The third kappa shape index (κ3) is 3.93. The van der Waals surface area contributed by atoms with Crippen LogP contribution in [0.25, 0.3) is 6.08 Å². The average Bonchev–Trinajstić information content (AvgIpc) is 2.17. The van der Waals surface area contributed by atoms with Gasteiger partial charge >= 0.3 is 0 Å². The van der Waals surface area contributed by atoms with Crippen molar-refractivity contribution in [3.05, 3.63) is 42.0 Å². The van der Waals surface area contributed by atoms with Gasteiger partial charge in [0.25, 0.3) is 0 Å². The van der Waals surface area contributed by atoms with Crippen LogP contribution >= 0.6 is 0 Å². The van der Waals surface area contributed by atoms with E-state index in [1.807, 2.05) is 6.07 Å². The third-order valence-corrected chi connectivity index (χ3v) is 2.16. The average molecular weight is 174 g/mol. The molecule has 70 valence electrons. The molecule has 0 saturated carbocycles. The third-order valence-electron chi connectivity index (χ3n) is 2.16. The Hall–Kier alpha value is -1.04. The van der Waals surface area contributed by atoms with Crippen molar-refractivity contribution in [2.24, 2.45) is 5.92 Å². The minimum absolute atomic E-state index is 0.699. The van der Waals surface area contributed by atoms with Gasteiger partial charge in [0.15, 0.2) is 0 Å². The zero-order valence-corrected chi connectivity index (χ0v) is 8.53. The van der Waals surface area contributed by atoms with Crippen LogP contribution in [0.4, 0.5) is 0 Å². The molecule has 0 amide bonds. The van der Waals surface area contributed by atoms with Crippen LogP contribution in [0.3, 0.4) is 0 Å². The lowest BCUT2D eigenvalue weighted by atomic mass is 10.0. The number of benzene rings is 1. The van der Waals surface area contributed by atoms with Crippen LogP contribution in [-0.4, -0.2) is 0 Å². The van der Waals surface area contributed by atoms with Crippen molar-refractivity contribution >= 4 is 6.08 Å². The fraction of sp³-hybridized carbons (Fsp3) is 0.385. The van der Waals surface area contributed by atoms with E-state index in [0.717, 1.165) is 0 Å². The largest absolute Gasteiger partial charge is 0.0811 e. The zero-order chi connectivity index (χ0) is 9.52. The van der Waals surface area contributed by atoms with E-state index in [4.69, 9.17) is 0 Å². The zero-order valence-electron chi connectivity index (χ0n) is 8.53. The fourth-order valence-corrected chi connectivity index (χ4v) is 1.39. The summed E-state index contributed by atoms with van der Waals surface area (Å²) in [7, 11) is 0. The molecule has 0 N–H and O–H groups in total. The molecule has 0 nitrogen and oxygen atoms in total. The Kier molecular flexibility index (Phi) is 4.31. The molecule has 1 rings (SSSR count). The molecule has 0 bridgehead atoms. The number of hydrogen-bond donors (Lipinski definition) is 0. The van der Waals surface area contributed by atoms with Crippen LogP contribution in [-0.2, 0) is 0 Å². The van der Waals surface area contributed by atoms with Crippen LogP contribution < -0.4 is 0 Å². The van der Waals surface area contributed by atoms with Crippen molar-refractivity contribution < 1.29 is 0 Å². The minimum Gasteiger partial charge on any atom is -0.0811 e. The quantitative estimate of drug-likeness (QED) is 0.643. The van der Waals surface area contributed by atoms with E-state index in [-0.39, 0.29) is 0 Å². The highest BCUT2D eigenvalue weighted by molar-refractivity contribution is 5.48. The van der Waals surface area contributed by atoms with Crippen LogP contribution in [0.1, 0.15) is 32.3 Å². The van der Waals surface area contributed by atoms with E-state index in [0.29, 0.717) is 5.92 Å². The molecule has 0 heteroatoms. The maximum Gasteiger partial charge on any atom is -0.0259 e. The van der Waals surface area contributed by atoms with E-state index in [9.17, 15) is 0 Å². The molecule has 0 aliphatic rings. The summed E-state index contributed by atoms with van der Waals surface area (Å²) in [6.45, 7) is 4.50. The maximum absolute atomic E-state index is 2.29. The van der Waals surface area contributed by atoms with E-state index >= 15 is 0 Å². The molecule has 1 aromatic carbocycles. The molecule has 0 spiro atoms. The SMILES string of the molecule is CCCC(C)/C=C/c1ccccc1. The van der Waals surface area contributed by atoms with Crippen molar-refractivity contribution in [2.45, 2.75) is 26.7 Å². The Morgan fingerprint density at radius 2 is 1.92 bits per heavy atom. The molecule has 0 heterocycles. The normalized spacial score (nSPS) is 13.4. The van der Waals surface area contributed by atoms with Gasteiger partial charge in [0, 0.05) is 0 Å². The molecule has 0 radical (unpaired) electrons. The topological polar surface area (TPSA) is 0 Å². The van der Waals surface area contributed by atoms with Gasteiger partial charge in [-0.15, -0.1) is 0 Å². The molecular formula is C13H18. The highest BCUT2D eigenvalue weighted by Crippen LogP contribution is 2.09. The lowest BCUT2D eigenvalue weighted by Gasteiger charge is -2.01. The van der Waals surface area contributed by atoms with Crippen LogP contribution in [0.15, 0.2) is 36.4 Å². The Morgan fingerprint density at radius 3 is 2.54 bits per heavy atom. The first kappa shape index (κ1) is 10.0. The molecule has 1 unspecified atom stereocenters. The molecule has 0 fully saturated rings. The van der Waals surface area contributed by atoms with Crippen molar-refractivity contribution in [2.75, 3.05) is 0 Å². The molecule has 1 aromatic rings. The van der Waals surface area contributed by atoms with E-state index in [2.05, 4.69) is 50.3 Å². The van der Waals surface area contributed by atoms with Crippen molar-refractivity contribution in [3.63, 3.8) is 0 Å². The summed E-state index contributed by atoms with van der Waals surface area (Å²) in [5.41, 5.74) is 1.30. The summed E-state index contributed by atoms with van der Waals surface area (Å²) in [5, 5.41) is 0. The summed E-state index contributed by atoms with van der Waals surface area (Å²) in [6.07, 6.45) is 7.04. The second-order valence-electron chi connectivity index (χ2n) is 3.54. The van der Waals surface area contributed by atoms with Gasteiger partial charge in [-0.2, -0.15) is 0 Å². The van der Waals surface area contributed by atoms with E-state index in [1.54, 1.807) is 0 Å². The number of rotatable bonds is 4. The van der Waals surface area contributed by atoms with Gasteiger partial charge in [0.1, 0.15) is 0 Å². The van der Waals surface area contributed by atoms with Crippen molar-refractivity contribution in [1.82, 2.24) is 0 Å². The van der Waals surface area contributed by atoms with Gasteiger partial charge in [-0.1, -0.05) is 62.8 Å². The Labute approximate surface area is 81.3 Å². The van der Waals surface area contributed by atoms with E-state index in [1.165, 1.54) is 18.4 Å². The number of hydrogen-bond acceptors (Lipinski definition) is 0. The van der Waals surface area contributed by atoms with Gasteiger partial charge in [-0.25, -0.2) is 0 Å². The van der Waals surface area contributed by atoms with Gasteiger partial charge in [0.05, 0.1) is 0 Å². The highest BCUT2D eigenvalue weighted by atomic mass is 14.0. The molecule has 1 atom stereocenters. The highest BCUT2D eigenvalue weighted by Gasteiger charge is 1.93. The first-order valence-corrected chi connectivity index (χ1v) is 5.06. The molecule has 0 aliphatic heterocycles. The lowest BCUT2D eigenvalue weighted by Crippen LogP contribution is -1.86. The summed E-state index contributed by atoms with van der Waals surface area (Å²) in [6, 6.07) is 10.5. The first-order valence-electron chi connectivity index (χ1n) is 5.06. The van der Waals surface area contributed by atoms with Gasteiger partial charge in [0.2, 0.25) is 0 Å². The predicted octanol–water partition coefficient (Wildman–Crippen LogP) is 4.14. The monoisotopic (exact) mass is 174 g/mol. The molecule has 13 heavy (non-hydrogen) atoms. The molecule has 0 saturated heterocycles. The Morgan fingerprint density at radius 1 is 1.23 bits per heavy atom. The fourth-order valence-electron chi connectivity index (χ4n) is 1.39. The maximum atomic E-state index is 2.29. The Balaban J connectivity index is 2.49. The summed E-state index contributed by atoms with van der Waals surface area (Å²) in [5.74, 6) is 0.699.